The van der Waals surface area contributed by atoms with Crippen molar-refractivity contribution in [2.45, 2.75) is 26.6 Å². The van der Waals surface area contributed by atoms with Gasteiger partial charge in [0.25, 0.3) is 0 Å². The monoisotopic (exact) mass is 382 g/mol. The molecule has 0 aliphatic heterocycles. The number of carbonyl (C=O) groups excluding carboxylic acids is 1. The number of pyridine rings is 1. The molecule has 0 saturated carbocycles. The van der Waals surface area contributed by atoms with E-state index < -0.39 is 5.82 Å². The van der Waals surface area contributed by atoms with Crippen molar-refractivity contribution in [1.82, 2.24) is 14.5 Å². The van der Waals surface area contributed by atoms with E-state index in [1.54, 1.807) is 36.3 Å². The molecule has 6 nitrogen and oxygen atoms in total. The van der Waals surface area contributed by atoms with Crippen LogP contribution in [0.1, 0.15) is 18.2 Å². The summed E-state index contributed by atoms with van der Waals surface area (Å²) in [6, 6.07) is 11.5. The van der Waals surface area contributed by atoms with E-state index in [9.17, 15) is 9.18 Å². The molecule has 28 heavy (non-hydrogen) atoms. The Hall–Kier alpha value is -3.35. The summed E-state index contributed by atoms with van der Waals surface area (Å²) in [5.74, 6) is -0.436. The first-order chi connectivity index (χ1) is 13.5. The van der Waals surface area contributed by atoms with Crippen LogP contribution in [-0.2, 0) is 19.7 Å². The number of benzene rings is 1. The Labute approximate surface area is 163 Å². The molecular weight excluding hydrogens is 359 g/mol. The Balaban J connectivity index is 1.56. The third-order valence-electron chi connectivity index (χ3n) is 4.23. The fraction of sp³-hybridized carbons (Fsp3) is 0.238. The molecule has 3 aromatic rings. The van der Waals surface area contributed by atoms with Gasteiger partial charge in [0, 0.05) is 50.5 Å². The van der Waals surface area contributed by atoms with Gasteiger partial charge in [0.15, 0.2) is 11.6 Å². The van der Waals surface area contributed by atoms with Crippen LogP contribution in [0.15, 0.2) is 61.1 Å². The maximum Gasteiger partial charge on any atom is 0.321 e. The van der Waals surface area contributed by atoms with Gasteiger partial charge in [-0.25, -0.2) is 9.18 Å². The largest absolute Gasteiger partial charge is 0.484 e. The average molecular weight is 382 g/mol. The van der Waals surface area contributed by atoms with E-state index in [1.165, 1.54) is 12.1 Å². The highest BCUT2D eigenvalue weighted by Gasteiger charge is 2.12. The quantitative estimate of drug-likeness (QED) is 0.663. The van der Waals surface area contributed by atoms with Crippen LogP contribution in [0.2, 0.25) is 0 Å². The SMILES string of the molecule is CCn1ccc(CN(C)C(=O)Nc2ccc(OCc3ccccn3)c(F)c2)c1. The fourth-order valence-electron chi connectivity index (χ4n) is 2.68. The Morgan fingerprint density at radius 2 is 2.14 bits per heavy atom. The van der Waals surface area contributed by atoms with E-state index in [1.807, 2.05) is 29.1 Å². The molecule has 0 fully saturated rings. The molecule has 0 radical (unpaired) electrons. The molecule has 2 heterocycles. The van der Waals surface area contributed by atoms with Gasteiger partial charge in [-0.3, -0.25) is 4.98 Å². The number of anilines is 1. The summed E-state index contributed by atoms with van der Waals surface area (Å²) in [7, 11) is 1.69. The lowest BCUT2D eigenvalue weighted by atomic mass is 10.3. The molecule has 7 heteroatoms. The van der Waals surface area contributed by atoms with Gasteiger partial charge < -0.3 is 19.5 Å². The molecule has 3 rings (SSSR count). The molecule has 0 unspecified atom stereocenters. The van der Waals surface area contributed by atoms with Crippen molar-refractivity contribution < 1.29 is 13.9 Å². The summed E-state index contributed by atoms with van der Waals surface area (Å²) in [4.78, 5) is 18.0. The second-order valence-corrected chi connectivity index (χ2v) is 6.39. The Kier molecular flexibility index (Phi) is 6.26. The maximum absolute atomic E-state index is 14.3. The number of rotatable bonds is 7. The average Bonchev–Trinajstić information content (AvgIpc) is 3.15. The first kappa shape index (κ1) is 19.4. The van der Waals surface area contributed by atoms with Crippen LogP contribution in [0.5, 0.6) is 5.75 Å². The molecule has 0 atom stereocenters. The van der Waals surface area contributed by atoms with Crippen LogP contribution >= 0.6 is 0 Å². The highest BCUT2D eigenvalue weighted by molar-refractivity contribution is 5.89. The van der Waals surface area contributed by atoms with Crippen molar-refractivity contribution in [3.8, 4) is 5.75 Å². The van der Waals surface area contributed by atoms with Gasteiger partial charge in [-0.15, -0.1) is 0 Å². The molecule has 0 spiro atoms. The lowest BCUT2D eigenvalue weighted by molar-refractivity contribution is 0.220. The first-order valence-corrected chi connectivity index (χ1v) is 9.04. The topological polar surface area (TPSA) is 59.4 Å². The Bertz CT molecular complexity index is 927. The number of nitrogens with zero attached hydrogens (tertiary/aromatic N) is 3. The number of amides is 2. The van der Waals surface area contributed by atoms with Crippen LogP contribution in [0, 0.1) is 5.82 Å². The minimum Gasteiger partial charge on any atom is -0.484 e. The van der Waals surface area contributed by atoms with Gasteiger partial charge >= 0.3 is 6.03 Å². The molecule has 0 bridgehead atoms. The molecule has 1 aromatic carbocycles. The lowest BCUT2D eigenvalue weighted by Crippen LogP contribution is -2.30. The molecule has 1 N–H and O–H groups in total. The van der Waals surface area contributed by atoms with Gasteiger partial charge in [0.2, 0.25) is 0 Å². The number of aryl methyl sites for hydroxylation is 1. The van der Waals surface area contributed by atoms with Crippen molar-refractivity contribution in [2.75, 3.05) is 12.4 Å². The molecule has 2 aromatic heterocycles. The van der Waals surface area contributed by atoms with Crippen LogP contribution in [0.3, 0.4) is 0 Å². The number of urea groups is 1. The Morgan fingerprint density at radius 1 is 1.29 bits per heavy atom. The van der Waals surface area contributed by atoms with E-state index in [0.717, 1.165) is 12.1 Å². The standard InChI is InChI=1S/C21H23FN4O2/c1-3-26-11-9-16(14-26)13-25(2)21(27)24-17-7-8-20(19(22)12-17)28-15-18-6-4-5-10-23-18/h4-12,14H,3,13,15H2,1-2H3,(H,24,27). The van der Waals surface area contributed by atoms with E-state index in [4.69, 9.17) is 4.74 Å². The molecule has 0 aliphatic carbocycles. The van der Waals surface area contributed by atoms with Gasteiger partial charge in [-0.2, -0.15) is 0 Å². The van der Waals surface area contributed by atoms with Crippen LogP contribution in [0.25, 0.3) is 0 Å². The predicted molar refractivity (Wildman–Crippen MR) is 106 cm³/mol. The zero-order valence-electron chi connectivity index (χ0n) is 15.9. The number of hydrogen-bond acceptors (Lipinski definition) is 3. The first-order valence-electron chi connectivity index (χ1n) is 9.04. The summed E-state index contributed by atoms with van der Waals surface area (Å²) in [6.07, 6.45) is 5.62. The minimum atomic E-state index is -0.545. The van der Waals surface area contributed by atoms with Crippen molar-refractivity contribution in [3.05, 3.63) is 78.1 Å². The van der Waals surface area contributed by atoms with Crippen molar-refractivity contribution in [1.29, 1.82) is 0 Å². The highest BCUT2D eigenvalue weighted by Crippen LogP contribution is 2.22. The van der Waals surface area contributed by atoms with Gasteiger partial charge in [-0.1, -0.05) is 6.07 Å². The van der Waals surface area contributed by atoms with E-state index >= 15 is 0 Å². The zero-order valence-corrected chi connectivity index (χ0v) is 15.9. The summed E-state index contributed by atoms with van der Waals surface area (Å²) in [5.41, 5.74) is 2.10. The van der Waals surface area contributed by atoms with Gasteiger partial charge in [0.05, 0.1) is 5.69 Å². The summed E-state index contributed by atoms with van der Waals surface area (Å²) in [5, 5.41) is 2.70. The van der Waals surface area contributed by atoms with E-state index in [0.29, 0.717) is 17.9 Å². The summed E-state index contributed by atoms with van der Waals surface area (Å²) >= 11 is 0. The second-order valence-electron chi connectivity index (χ2n) is 6.39. The molecule has 0 aliphatic rings. The summed E-state index contributed by atoms with van der Waals surface area (Å²) < 4.78 is 21.8. The van der Waals surface area contributed by atoms with Gasteiger partial charge in [0.1, 0.15) is 6.61 Å². The number of hydrogen-bond donors (Lipinski definition) is 1. The molecular formula is C21H23FN4O2. The smallest absolute Gasteiger partial charge is 0.321 e. The molecule has 2 amide bonds. The number of aromatic nitrogens is 2. The van der Waals surface area contributed by atoms with Gasteiger partial charge in [-0.05, 0) is 42.8 Å². The maximum atomic E-state index is 14.3. The summed E-state index contributed by atoms with van der Waals surface area (Å²) in [6.45, 7) is 3.57. The number of carbonyl (C=O) groups is 1. The van der Waals surface area contributed by atoms with Crippen molar-refractivity contribution in [2.24, 2.45) is 0 Å². The predicted octanol–water partition coefficient (Wildman–Crippen LogP) is 4.29. The van der Waals surface area contributed by atoms with Crippen LogP contribution in [0.4, 0.5) is 14.9 Å². The zero-order chi connectivity index (χ0) is 19.9. The molecule has 146 valence electrons. The van der Waals surface area contributed by atoms with Crippen molar-refractivity contribution >= 4 is 11.7 Å². The van der Waals surface area contributed by atoms with Crippen LogP contribution in [-0.4, -0.2) is 27.5 Å². The third kappa shape index (κ3) is 5.09. The number of ether oxygens (including phenoxy) is 1. The fourth-order valence-corrected chi connectivity index (χ4v) is 2.68. The second kappa shape index (κ2) is 9.03. The van der Waals surface area contributed by atoms with Crippen molar-refractivity contribution in [3.63, 3.8) is 0 Å². The van der Waals surface area contributed by atoms with E-state index in [2.05, 4.69) is 17.2 Å². The molecule has 0 saturated heterocycles. The number of nitrogens with one attached hydrogen (secondary N) is 1. The number of halogens is 1. The normalized spacial score (nSPS) is 10.5. The minimum absolute atomic E-state index is 0.109. The van der Waals surface area contributed by atoms with Crippen LogP contribution < -0.4 is 10.1 Å². The Morgan fingerprint density at radius 3 is 2.82 bits per heavy atom. The third-order valence-corrected chi connectivity index (χ3v) is 4.23. The van der Waals surface area contributed by atoms with E-state index in [-0.39, 0.29) is 18.4 Å². The lowest BCUT2D eigenvalue weighted by Gasteiger charge is -2.17. The highest BCUT2D eigenvalue weighted by atomic mass is 19.1.